The molecule has 6 nitrogen and oxygen atoms in total. The number of nitrogens with one attached hydrogen (secondary N) is 1. The summed E-state index contributed by atoms with van der Waals surface area (Å²) in [5, 5.41) is 3.17. The van der Waals surface area contributed by atoms with Gasteiger partial charge in [-0.1, -0.05) is 0 Å². The Balaban J connectivity index is 2.13. The maximum absolute atomic E-state index is 5.54. The Morgan fingerprint density at radius 1 is 1.29 bits per heavy atom. The molecule has 1 heterocycles. The Morgan fingerprint density at radius 3 is 2.82 bits per heavy atom. The molecule has 0 saturated heterocycles. The Labute approximate surface area is 102 Å². The molecule has 0 spiro atoms. The van der Waals surface area contributed by atoms with Crippen LogP contribution in [0.5, 0.6) is 0 Å². The lowest BCUT2D eigenvalue weighted by Crippen LogP contribution is -2.10. The molecule has 1 aromatic heterocycles. The van der Waals surface area contributed by atoms with Gasteiger partial charge in [-0.2, -0.15) is 4.98 Å². The summed E-state index contributed by atoms with van der Waals surface area (Å²) >= 11 is 0. The van der Waals surface area contributed by atoms with E-state index in [0.29, 0.717) is 25.8 Å². The van der Waals surface area contributed by atoms with E-state index in [2.05, 4.69) is 15.3 Å². The average Bonchev–Trinajstić information content (AvgIpc) is 2.26. The molecule has 0 aliphatic rings. The van der Waals surface area contributed by atoms with Crippen molar-refractivity contribution in [3.05, 3.63) is 11.8 Å². The van der Waals surface area contributed by atoms with Crippen molar-refractivity contribution in [1.29, 1.82) is 0 Å². The highest BCUT2D eigenvalue weighted by atomic mass is 16.5. The maximum atomic E-state index is 5.54. The number of hydrogen-bond acceptors (Lipinski definition) is 6. The van der Waals surface area contributed by atoms with Gasteiger partial charge in [0.1, 0.15) is 5.82 Å². The lowest BCUT2D eigenvalue weighted by Gasteiger charge is -2.07. The van der Waals surface area contributed by atoms with E-state index in [-0.39, 0.29) is 0 Å². The molecule has 1 rings (SSSR count). The second kappa shape index (κ2) is 7.81. The number of nitrogens with zero attached hydrogens (tertiary/aromatic N) is 2. The molecule has 0 aliphatic carbocycles. The van der Waals surface area contributed by atoms with Gasteiger partial charge in [0.15, 0.2) is 0 Å². The SMILES string of the molecule is COCCOCCCNc1cc(C)nc(N)n1. The van der Waals surface area contributed by atoms with Crippen molar-refractivity contribution in [3.8, 4) is 0 Å². The van der Waals surface area contributed by atoms with Crippen molar-refractivity contribution in [2.24, 2.45) is 0 Å². The number of anilines is 2. The standard InChI is InChI=1S/C11H20N4O2/c1-9-8-10(15-11(12)14-9)13-4-3-5-17-7-6-16-2/h8H,3-7H2,1-2H3,(H3,12,13,14,15). The van der Waals surface area contributed by atoms with Gasteiger partial charge in [-0.25, -0.2) is 4.98 Å². The third-order valence-electron chi connectivity index (χ3n) is 2.07. The van der Waals surface area contributed by atoms with Crippen LogP contribution in [0.15, 0.2) is 6.07 Å². The van der Waals surface area contributed by atoms with E-state index in [1.165, 1.54) is 0 Å². The van der Waals surface area contributed by atoms with Crippen LogP contribution in [0.4, 0.5) is 11.8 Å². The Bertz CT molecular complexity index is 313. The van der Waals surface area contributed by atoms with Gasteiger partial charge in [0, 0.05) is 32.0 Å². The van der Waals surface area contributed by atoms with Gasteiger partial charge in [-0.05, 0) is 13.3 Å². The summed E-state index contributed by atoms with van der Waals surface area (Å²) in [7, 11) is 1.66. The van der Waals surface area contributed by atoms with Crippen molar-refractivity contribution in [2.45, 2.75) is 13.3 Å². The quantitative estimate of drug-likeness (QED) is 0.655. The van der Waals surface area contributed by atoms with E-state index in [0.717, 1.165) is 24.5 Å². The number of nitrogen functional groups attached to an aromatic ring is 1. The predicted molar refractivity (Wildman–Crippen MR) is 67.0 cm³/mol. The predicted octanol–water partition coefficient (Wildman–Crippen LogP) is 0.832. The molecule has 0 aliphatic heterocycles. The molecule has 0 atom stereocenters. The third-order valence-corrected chi connectivity index (χ3v) is 2.07. The smallest absolute Gasteiger partial charge is 0.222 e. The molecule has 6 heteroatoms. The van der Waals surface area contributed by atoms with E-state index in [4.69, 9.17) is 15.2 Å². The molecule has 96 valence electrons. The minimum absolute atomic E-state index is 0.295. The molecule has 0 saturated carbocycles. The molecule has 0 fully saturated rings. The Kier molecular flexibility index (Phi) is 6.27. The summed E-state index contributed by atoms with van der Waals surface area (Å²) in [5.41, 5.74) is 6.40. The fourth-order valence-corrected chi connectivity index (χ4v) is 1.32. The zero-order valence-electron chi connectivity index (χ0n) is 10.4. The first-order valence-corrected chi connectivity index (χ1v) is 5.64. The lowest BCUT2D eigenvalue weighted by atomic mass is 10.4. The van der Waals surface area contributed by atoms with Crippen molar-refractivity contribution in [3.63, 3.8) is 0 Å². The van der Waals surface area contributed by atoms with E-state index in [9.17, 15) is 0 Å². The van der Waals surface area contributed by atoms with Gasteiger partial charge in [-0.3, -0.25) is 0 Å². The number of methoxy groups -OCH3 is 1. The number of nitrogens with two attached hydrogens (primary N) is 1. The van der Waals surface area contributed by atoms with Crippen LogP contribution >= 0.6 is 0 Å². The second-order valence-electron chi connectivity index (χ2n) is 3.64. The molecule has 0 radical (unpaired) electrons. The molecule has 1 aromatic rings. The first-order valence-electron chi connectivity index (χ1n) is 5.64. The summed E-state index contributed by atoms with van der Waals surface area (Å²) in [5.74, 6) is 1.05. The summed E-state index contributed by atoms with van der Waals surface area (Å²) < 4.78 is 10.2. The van der Waals surface area contributed by atoms with Crippen molar-refractivity contribution in [1.82, 2.24) is 9.97 Å². The highest BCUT2D eigenvalue weighted by Crippen LogP contribution is 2.06. The molecular weight excluding hydrogens is 220 g/mol. The first-order chi connectivity index (χ1) is 8.22. The van der Waals surface area contributed by atoms with E-state index in [1.807, 2.05) is 13.0 Å². The maximum Gasteiger partial charge on any atom is 0.222 e. The number of aryl methyl sites for hydroxylation is 1. The largest absolute Gasteiger partial charge is 0.382 e. The van der Waals surface area contributed by atoms with Gasteiger partial charge < -0.3 is 20.5 Å². The minimum atomic E-state index is 0.295. The first kappa shape index (κ1) is 13.7. The Morgan fingerprint density at radius 2 is 2.12 bits per heavy atom. The lowest BCUT2D eigenvalue weighted by molar-refractivity contribution is 0.0705. The van der Waals surface area contributed by atoms with Gasteiger partial charge >= 0.3 is 0 Å². The zero-order valence-corrected chi connectivity index (χ0v) is 10.4. The van der Waals surface area contributed by atoms with Crippen molar-refractivity contribution < 1.29 is 9.47 Å². The van der Waals surface area contributed by atoms with Crippen LogP contribution in [0, 0.1) is 6.92 Å². The molecule has 3 N–H and O–H groups in total. The number of hydrogen-bond donors (Lipinski definition) is 2. The summed E-state index contributed by atoms with van der Waals surface area (Å²) in [6.07, 6.45) is 0.909. The summed E-state index contributed by atoms with van der Waals surface area (Å²) in [6, 6.07) is 1.86. The summed E-state index contributed by atoms with van der Waals surface area (Å²) in [4.78, 5) is 8.08. The average molecular weight is 240 g/mol. The highest BCUT2D eigenvalue weighted by Gasteiger charge is 1.98. The van der Waals surface area contributed by atoms with Gasteiger partial charge in [0.25, 0.3) is 0 Å². The molecule has 0 aromatic carbocycles. The minimum Gasteiger partial charge on any atom is -0.382 e. The zero-order chi connectivity index (χ0) is 12.5. The normalized spacial score (nSPS) is 10.5. The summed E-state index contributed by atoms with van der Waals surface area (Å²) in [6.45, 7) is 4.65. The fraction of sp³-hybridized carbons (Fsp3) is 0.636. The number of rotatable bonds is 8. The second-order valence-corrected chi connectivity index (χ2v) is 3.64. The van der Waals surface area contributed by atoms with Crippen molar-refractivity contribution >= 4 is 11.8 Å². The number of ether oxygens (including phenoxy) is 2. The van der Waals surface area contributed by atoms with Gasteiger partial charge in [0.2, 0.25) is 5.95 Å². The topological polar surface area (TPSA) is 82.3 Å². The van der Waals surface area contributed by atoms with Gasteiger partial charge in [-0.15, -0.1) is 0 Å². The molecule has 17 heavy (non-hydrogen) atoms. The highest BCUT2D eigenvalue weighted by molar-refractivity contribution is 5.39. The fourth-order valence-electron chi connectivity index (χ4n) is 1.32. The Hall–Kier alpha value is -1.40. The van der Waals surface area contributed by atoms with Gasteiger partial charge in [0.05, 0.1) is 13.2 Å². The monoisotopic (exact) mass is 240 g/mol. The van der Waals surface area contributed by atoms with Crippen LogP contribution in [0.3, 0.4) is 0 Å². The molecule has 0 amide bonds. The van der Waals surface area contributed by atoms with Crippen LogP contribution < -0.4 is 11.1 Å². The third kappa shape index (κ3) is 6.03. The van der Waals surface area contributed by atoms with E-state index in [1.54, 1.807) is 7.11 Å². The van der Waals surface area contributed by atoms with Crippen LogP contribution in [-0.4, -0.2) is 43.4 Å². The van der Waals surface area contributed by atoms with Crippen molar-refractivity contribution in [2.75, 3.05) is 44.5 Å². The van der Waals surface area contributed by atoms with E-state index >= 15 is 0 Å². The molecular formula is C11H20N4O2. The molecule has 0 bridgehead atoms. The van der Waals surface area contributed by atoms with Crippen LogP contribution in [0.1, 0.15) is 12.1 Å². The van der Waals surface area contributed by atoms with Crippen LogP contribution in [0.2, 0.25) is 0 Å². The van der Waals surface area contributed by atoms with E-state index < -0.39 is 0 Å². The van der Waals surface area contributed by atoms with Crippen LogP contribution in [-0.2, 0) is 9.47 Å². The molecule has 0 unspecified atom stereocenters. The van der Waals surface area contributed by atoms with Crippen LogP contribution in [0.25, 0.3) is 0 Å². The number of aromatic nitrogens is 2.